The van der Waals surface area contributed by atoms with Crippen LogP contribution in [0.3, 0.4) is 0 Å². The van der Waals surface area contributed by atoms with Crippen molar-refractivity contribution in [3.05, 3.63) is 16.6 Å². The summed E-state index contributed by atoms with van der Waals surface area (Å²) in [6.45, 7) is 1.28. The van der Waals surface area contributed by atoms with Gasteiger partial charge in [-0.1, -0.05) is 0 Å². The van der Waals surface area contributed by atoms with Gasteiger partial charge < -0.3 is 19.4 Å². The molecular formula is C14H20N5O5P. The Hall–Kier alpha value is -2.03. The fourth-order valence-electron chi connectivity index (χ4n) is 3.07. The molecule has 25 heavy (non-hydrogen) atoms. The van der Waals surface area contributed by atoms with E-state index in [0.29, 0.717) is 36.2 Å². The second-order valence-corrected chi connectivity index (χ2v) is 7.88. The molecule has 0 radical (unpaired) electrons. The molecule has 0 aliphatic carbocycles. The van der Waals surface area contributed by atoms with Gasteiger partial charge in [0.05, 0.1) is 19.5 Å². The van der Waals surface area contributed by atoms with E-state index in [9.17, 15) is 9.36 Å². The summed E-state index contributed by atoms with van der Waals surface area (Å²) >= 11 is 0. The fraction of sp³-hybridized carbons (Fsp3) is 0.571. The van der Waals surface area contributed by atoms with E-state index in [0.717, 1.165) is 12.8 Å². The van der Waals surface area contributed by atoms with Gasteiger partial charge >= 0.3 is 13.6 Å². The van der Waals surface area contributed by atoms with Crippen molar-refractivity contribution in [1.29, 1.82) is 0 Å². The Morgan fingerprint density at radius 1 is 1.36 bits per heavy atom. The van der Waals surface area contributed by atoms with Crippen LogP contribution in [-0.2, 0) is 4.57 Å². The molecule has 1 saturated heterocycles. The zero-order valence-corrected chi connectivity index (χ0v) is 14.6. The molecule has 2 aromatic heterocycles. The molecule has 1 aliphatic rings. The Morgan fingerprint density at radius 2 is 2.08 bits per heavy atom. The van der Waals surface area contributed by atoms with Gasteiger partial charge in [-0.3, -0.25) is 9.36 Å². The van der Waals surface area contributed by atoms with E-state index >= 15 is 0 Å². The first-order chi connectivity index (χ1) is 11.9. The molecule has 3 heterocycles. The van der Waals surface area contributed by atoms with Crippen molar-refractivity contribution in [2.75, 3.05) is 31.3 Å². The molecule has 2 aromatic rings. The summed E-state index contributed by atoms with van der Waals surface area (Å²) in [6, 6.07) is 0.165. The molecule has 0 saturated carbocycles. The third-order valence-electron chi connectivity index (χ3n) is 4.40. The predicted molar refractivity (Wildman–Crippen MR) is 91.0 cm³/mol. The summed E-state index contributed by atoms with van der Waals surface area (Å²) in [7, 11) is -2.50. The van der Waals surface area contributed by atoms with Crippen LogP contribution >= 0.6 is 7.60 Å². The second kappa shape index (κ2) is 7.07. The van der Waals surface area contributed by atoms with Crippen LogP contribution in [0.2, 0.25) is 0 Å². The number of aromatic nitrogens is 4. The molecule has 11 heteroatoms. The molecule has 136 valence electrons. The van der Waals surface area contributed by atoms with Crippen LogP contribution in [0.4, 0.5) is 5.82 Å². The minimum atomic E-state index is -3.96. The molecule has 3 rings (SSSR count). The van der Waals surface area contributed by atoms with Crippen LogP contribution in [0.25, 0.3) is 10.9 Å². The molecule has 0 unspecified atom stereocenters. The number of nitrogens with one attached hydrogen (secondary N) is 1. The maximum absolute atomic E-state index is 12.2. The van der Waals surface area contributed by atoms with E-state index in [2.05, 4.69) is 20.2 Å². The average molecular weight is 369 g/mol. The number of methoxy groups -OCH3 is 1. The Bertz CT molecular complexity index is 858. The molecule has 0 amide bonds. The van der Waals surface area contributed by atoms with E-state index in [-0.39, 0.29) is 23.6 Å². The minimum Gasteiger partial charge on any atom is -0.467 e. The van der Waals surface area contributed by atoms with Crippen LogP contribution in [-0.4, -0.2) is 56.3 Å². The zero-order valence-electron chi connectivity index (χ0n) is 13.8. The third kappa shape index (κ3) is 4.15. The van der Waals surface area contributed by atoms with Crippen molar-refractivity contribution in [1.82, 2.24) is 20.2 Å². The third-order valence-corrected chi connectivity index (χ3v) is 5.24. The summed E-state index contributed by atoms with van der Waals surface area (Å²) in [6.07, 6.45) is 3.41. The van der Waals surface area contributed by atoms with E-state index in [1.807, 2.05) is 4.90 Å². The quantitative estimate of drug-likeness (QED) is 0.642. The number of hydrogen-bond donors (Lipinski definition) is 3. The first-order valence-electron chi connectivity index (χ1n) is 7.96. The van der Waals surface area contributed by atoms with Gasteiger partial charge in [0.1, 0.15) is 16.7 Å². The van der Waals surface area contributed by atoms with Crippen molar-refractivity contribution in [2.24, 2.45) is 5.92 Å². The smallest absolute Gasteiger partial charge is 0.325 e. The minimum absolute atomic E-state index is 0.0900. The number of piperidine rings is 1. The van der Waals surface area contributed by atoms with Crippen molar-refractivity contribution < 1.29 is 19.1 Å². The molecule has 0 aromatic carbocycles. The lowest BCUT2D eigenvalue weighted by atomic mass is 9.94. The Labute approximate surface area is 143 Å². The number of H-pyrrole nitrogens is 1. The molecule has 10 nitrogen and oxygen atoms in total. The monoisotopic (exact) mass is 369 g/mol. The Balaban J connectivity index is 1.81. The van der Waals surface area contributed by atoms with Gasteiger partial charge in [-0.05, 0) is 25.2 Å². The first kappa shape index (κ1) is 17.8. The number of ether oxygens (including phenoxy) is 1. The van der Waals surface area contributed by atoms with Crippen LogP contribution in [0.1, 0.15) is 19.3 Å². The van der Waals surface area contributed by atoms with E-state index in [4.69, 9.17) is 14.5 Å². The number of rotatable bonds is 5. The molecule has 0 bridgehead atoms. The lowest BCUT2D eigenvalue weighted by molar-refractivity contribution is 0.349. The maximum atomic E-state index is 12.2. The van der Waals surface area contributed by atoms with Crippen molar-refractivity contribution in [3.63, 3.8) is 0 Å². The lowest BCUT2D eigenvalue weighted by Gasteiger charge is -2.33. The highest BCUT2D eigenvalue weighted by Crippen LogP contribution is 2.38. The van der Waals surface area contributed by atoms with Crippen molar-refractivity contribution >= 4 is 24.3 Å². The highest BCUT2D eigenvalue weighted by molar-refractivity contribution is 7.51. The normalized spacial score (nSPS) is 16.4. The van der Waals surface area contributed by atoms with Crippen LogP contribution in [0.5, 0.6) is 6.01 Å². The summed E-state index contributed by atoms with van der Waals surface area (Å²) in [5.41, 5.74) is 0.0491. The first-order valence-corrected chi connectivity index (χ1v) is 9.76. The van der Waals surface area contributed by atoms with Gasteiger partial charge in [0.2, 0.25) is 0 Å². The number of fused-ring (bicyclic) bond motifs is 1. The van der Waals surface area contributed by atoms with Gasteiger partial charge in [0, 0.05) is 13.1 Å². The number of anilines is 1. The second-order valence-electron chi connectivity index (χ2n) is 6.10. The predicted octanol–water partition coefficient (Wildman–Crippen LogP) is 0.506. The topological polar surface area (TPSA) is 142 Å². The fourth-order valence-corrected chi connectivity index (χ4v) is 3.77. The van der Waals surface area contributed by atoms with Gasteiger partial charge in [-0.15, -0.1) is 0 Å². The van der Waals surface area contributed by atoms with Crippen LogP contribution in [0, 0.1) is 5.92 Å². The zero-order chi connectivity index (χ0) is 18.0. The summed E-state index contributed by atoms with van der Waals surface area (Å²) in [5.74, 6) is 0.748. The van der Waals surface area contributed by atoms with Crippen molar-refractivity contribution in [3.8, 4) is 6.01 Å². The van der Waals surface area contributed by atoms with Crippen molar-refractivity contribution in [2.45, 2.75) is 19.3 Å². The Kier molecular flexibility index (Phi) is 5.03. The molecular weight excluding hydrogens is 349 g/mol. The van der Waals surface area contributed by atoms with E-state index in [1.165, 1.54) is 13.3 Å². The van der Waals surface area contributed by atoms with Crippen LogP contribution in [0.15, 0.2) is 11.0 Å². The number of nitrogens with zero attached hydrogens (tertiary/aromatic N) is 4. The molecule has 0 spiro atoms. The van der Waals surface area contributed by atoms with Crippen LogP contribution < -0.4 is 15.2 Å². The standard InChI is InChI=1S/C14H20N5O5P/c1-24-14-16-10-8-15-18-13(20)11(10)12(17-14)19-5-2-9(3-6-19)4-7-25(21,22)23/h8-9H,2-7H2,1H3,(H,18,20)(H2,21,22,23). The lowest BCUT2D eigenvalue weighted by Crippen LogP contribution is -2.35. The number of hydrogen-bond acceptors (Lipinski definition) is 7. The SMILES string of the molecule is COc1nc(N2CCC(CCP(=O)(O)O)CC2)c2c(=O)[nH]ncc2n1. The summed E-state index contributed by atoms with van der Waals surface area (Å²) in [5, 5.41) is 6.52. The maximum Gasteiger partial charge on any atom is 0.325 e. The molecule has 1 aliphatic heterocycles. The summed E-state index contributed by atoms with van der Waals surface area (Å²) in [4.78, 5) is 40.7. The summed E-state index contributed by atoms with van der Waals surface area (Å²) < 4.78 is 16.1. The molecule has 3 N–H and O–H groups in total. The molecule has 1 fully saturated rings. The van der Waals surface area contributed by atoms with Gasteiger partial charge in [0.25, 0.3) is 5.56 Å². The number of aromatic amines is 1. The van der Waals surface area contributed by atoms with Gasteiger partial charge in [0.15, 0.2) is 0 Å². The highest BCUT2D eigenvalue weighted by atomic mass is 31.2. The average Bonchev–Trinajstić information content (AvgIpc) is 2.59. The van der Waals surface area contributed by atoms with Gasteiger partial charge in [-0.25, -0.2) is 5.10 Å². The largest absolute Gasteiger partial charge is 0.467 e. The highest BCUT2D eigenvalue weighted by Gasteiger charge is 2.25. The van der Waals surface area contributed by atoms with E-state index < -0.39 is 7.60 Å². The Morgan fingerprint density at radius 3 is 2.72 bits per heavy atom. The van der Waals surface area contributed by atoms with Gasteiger partial charge in [-0.2, -0.15) is 15.1 Å². The molecule has 0 atom stereocenters. The van der Waals surface area contributed by atoms with E-state index in [1.54, 1.807) is 0 Å².